The van der Waals surface area contributed by atoms with Crippen LogP contribution in [0.15, 0.2) is 18.2 Å². The van der Waals surface area contributed by atoms with Crippen molar-refractivity contribution in [2.45, 2.75) is 25.8 Å². The monoisotopic (exact) mass is 330 g/mol. The number of aromatic amines is 1. The number of nitrogens with one attached hydrogen (secondary N) is 1. The van der Waals surface area contributed by atoms with Crippen molar-refractivity contribution in [1.82, 2.24) is 20.1 Å². The van der Waals surface area contributed by atoms with E-state index in [9.17, 15) is 14.7 Å². The molecule has 1 saturated heterocycles. The molecular formula is C16H18N4O4. The first kappa shape index (κ1) is 16.0. The summed E-state index contributed by atoms with van der Waals surface area (Å²) in [6.07, 6.45) is 1.62. The molecule has 2 aromatic rings. The summed E-state index contributed by atoms with van der Waals surface area (Å²) in [7, 11) is 1.43. The number of carboxylic acids is 1. The van der Waals surface area contributed by atoms with Crippen LogP contribution >= 0.6 is 0 Å². The molecule has 3 rings (SSSR count). The zero-order valence-corrected chi connectivity index (χ0v) is 13.4. The summed E-state index contributed by atoms with van der Waals surface area (Å²) >= 11 is 0. The molecule has 1 fully saturated rings. The Morgan fingerprint density at radius 2 is 2.08 bits per heavy atom. The van der Waals surface area contributed by atoms with Gasteiger partial charge in [-0.15, -0.1) is 0 Å². The van der Waals surface area contributed by atoms with Gasteiger partial charge in [0, 0.05) is 12.1 Å². The van der Waals surface area contributed by atoms with Crippen LogP contribution in [0.5, 0.6) is 5.75 Å². The number of amides is 1. The van der Waals surface area contributed by atoms with Crippen LogP contribution in [0.2, 0.25) is 0 Å². The van der Waals surface area contributed by atoms with Crippen LogP contribution in [0.25, 0.3) is 0 Å². The van der Waals surface area contributed by atoms with Crippen molar-refractivity contribution in [2.75, 3.05) is 13.7 Å². The normalized spacial score (nSPS) is 17.1. The van der Waals surface area contributed by atoms with Crippen LogP contribution in [0, 0.1) is 6.92 Å². The van der Waals surface area contributed by atoms with Gasteiger partial charge < -0.3 is 14.7 Å². The first-order chi connectivity index (χ1) is 11.5. The predicted octanol–water partition coefficient (Wildman–Crippen LogP) is 1.80. The first-order valence-electron chi connectivity index (χ1n) is 7.62. The van der Waals surface area contributed by atoms with Gasteiger partial charge in [-0.1, -0.05) is 0 Å². The fourth-order valence-electron chi connectivity index (χ4n) is 2.92. The van der Waals surface area contributed by atoms with Gasteiger partial charge in [0.1, 0.15) is 11.6 Å². The van der Waals surface area contributed by atoms with Gasteiger partial charge >= 0.3 is 5.97 Å². The molecule has 0 bridgehead atoms. The number of methoxy groups -OCH3 is 1. The third kappa shape index (κ3) is 2.94. The number of carboxylic acid groups (broad SMARTS) is 1. The molecule has 0 saturated carbocycles. The number of likely N-dealkylation sites (tertiary alicyclic amines) is 1. The number of carbonyl (C=O) groups is 2. The van der Waals surface area contributed by atoms with Gasteiger partial charge in [-0.2, -0.15) is 5.10 Å². The maximum Gasteiger partial charge on any atom is 0.335 e. The lowest BCUT2D eigenvalue weighted by Crippen LogP contribution is -2.31. The molecule has 0 radical (unpaired) electrons. The second-order valence-electron chi connectivity index (χ2n) is 5.69. The number of H-pyrrole nitrogens is 1. The largest absolute Gasteiger partial charge is 0.497 e. The van der Waals surface area contributed by atoms with E-state index in [-0.39, 0.29) is 23.1 Å². The van der Waals surface area contributed by atoms with Crippen molar-refractivity contribution in [2.24, 2.45) is 0 Å². The topological polar surface area (TPSA) is 108 Å². The van der Waals surface area contributed by atoms with E-state index in [0.717, 1.165) is 12.8 Å². The predicted molar refractivity (Wildman–Crippen MR) is 84.1 cm³/mol. The van der Waals surface area contributed by atoms with Crippen molar-refractivity contribution in [3.63, 3.8) is 0 Å². The number of aryl methyl sites for hydroxylation is 1. The van der Waals surface area contributed by atoms with E-state index in [1.807, 2.05) is 0 Å². The second-order valence-corrected chi connectivity index (χ2v) is 5.69. The molecule has 1 amide bonds. The molecule has 0 unspecified atom stereocenters. The van der Waals surface area contributed by atoms with Crippen LogP contribution in [-0.2, 0) is 0 Å². The molecule has 126 valence electrons. The van der Waals surface area contributed by atoms with Crippen molar-refractivity contribution < 1.29 is 19.4 Å². The quantitative estimate of drug-likeness (QED) is 0.885. The van der Waals surface area contributed by atoms with Crippen molar-refractivity contribution in [3.05, 3.63) is 41.0 Å². The Balaban J connectivity index is 1.93. The Hall–Kier alpha value is -2.90. The van der Waals surface area contributed by atoms with E-state index in [4.69, 9.17) is 4.74 Å². The summed E-state index contributed by atoms with van der Waals surface area (Å²) in [4.78, 5) is 30.1. The highest BCUT2D eigenvalue weighted by molar-refractivity contribution is 5.98. The molecule has 2 N–H and O–H groups in total. The molecule has 1 aliphatic rings. The summed E-state index contributed by atoms with van der Waals surface area (Å²) in [5, 5.41) is 16.1. The Labute approximate surface area is 138 Å². The minimum Gasteiger partial charge on any atom is -0.497 e. The van der Waals surface area contributed by atoms with Crippen molar-refractivity contribution >= 4 is 11.9 Å². The van der Waals surface area contributed by atoms with E-state index < -0.39 is 5.97 Å². The summed E-state index contributed by atoms with van der Waals surface area (Å²) in [5.41, 5.74) is 0.299. The summed E-state index contributed by atoms with van der Waals surface area (Å²) in [6.45, 7) is 2.38. The summed E-state index contributed by atoms with van der Waals surface area (Å²) < 4.78 is 5.11. The van der Waals surface area contributed by atoms with Gasteiger partial charge in [-0.05, 0) is 38.0 Å². The lowest BCUT2D eigenvalue weighted by atomic mass is 10.1. The Bertz CT molecular complexity index is 786. The highest BCUT2D eigenvalue weighted by Crippen LogP contribution is 2.32. The lowest BCUT2D eigenvalue weighted by Gasteiger charge is -2.23. The third-order valence-electron chi connectivity index (χ3n) is 4.06. The molecule has 1 atom stereocenters. The summed E-state index contributed by atoms with van der Waals surface area (Å²) in [6, 6.07) is 4.10. The highest BCUT2D eigenvalue weighted by Gasteiger charge is 2.33. The Kier molecular flexibility index (Phi) is 4.20. The fraction of sp³-hybridized carbons (Fsp3) is 0.375. The number of hydrogen-bond acceptors (Lipinski definition) is 5. The van der Waals surface area contributed by atoms with Crippen LogP contribution in [0.1, 0.15) is 51.2 Å². The number of aromatic nitrogens is 3. The van der Waals surface area contributed by atoms with E-state index in [2.05, 4.69) is 15.2 Å². The molecule has 8 nitrogen and oxygen atoms in total. The van der Waals surface area contributed by atoms with Gasteiger partial charge in [-0.25, -0.2) is 9.78 Å². The van der Waals surface area contributed by atoms with Gasteiger partial charge in [-0.3, -0.25) is 9.89 Å². The maximum atomic E-state index is 12.9. The van der Waals surface area contributed by atoms with Crippen LogP contribution < -0.4 is 4.74 Å². The zero-order valence-electron chi connectivity index (χ0n) is 13.4. The van der Waals surface area contributed by atoms with Crippen molar-refractivity contribution in [1.29, 1.82) is 0 Å². The molecule has 1 aliphatic heterocycles. The van der Waals surface area contributed by atoms with E-state index in [1.54, 1.807) is 17.9 Å². The third-order valence-corrected chi connectivity index (χ3v) is 4.06. The van der Waals surface area contributed by atoms with E-state index in [0.29, 0.717) is 23.9 Å². The van der Waals surface area contributed by atoms with Crippen LogP contribution in [0.3, 0.4) is 0 Å². The standard InChI is InChI=1S/C16H18N4O4/c1-9-17-14(19-18-9)13-4-3-5-20(13)15(21)10-6-11(16(22)23)8-12(7-10)24-2/h6-8,13H,3-5H2,1-2H3,(H,22,23)(H,17,18,19)/t13-/m1/s1. The molecule has 0 aliphatic carbocycles. The SMILES string of the molecule is COc1cc(C(=O)O)cc(C(=O)N2CCC[C@@H]2c2n[nH]c(C)n2)c1. The first-order valence-corrected chi connectivity index (χ1v) is 7.62. The maximum absolute atomic E-state index is 12.9. The van der Waals surface area contributed by atoms with Crippen LogP contribution in [-0.4, -0.2) is 50.7 Å². The molecule has 0 spiro atoms. The van der Waals surface area contributed by atoms with E-state index in [1.165, 1.54) is 19.2 Å². The molecule has 1 aromatic heterocycles. The minimum absolute atomic E-state index is 0.0159. The zero-order chi connectivity index (χ0) is 17.3. The fourth-order valence-corrected chi connectivity index (χ4v) is 2.92. The van der Waals surface area contributed by atoms with Gasteiger partial charge in [0.05, 0.1) is 18.7 Å². The molecule has 1 aromatic carbocycles. The number of aromatic carboxylic acids is 1. The second kappa shape index (κ2) is 6.31. The van der Waals surface area contributed by atoms with Gasteiger partial charge in [0.15, 0.2) is 5.82 Å². The van der Waals surface area contributed by atoms with Crippen LogP contribution in [0.4, 0.5) is 0 Å². The van der Waals surface area contributed by atoms with Gasteiger partial charge in [0.2, 0.25) is 0 Å². The molecule has 8 heteroatoms. The number of ether oxygens (including phenoxy) is 1. The smallest absolute Gasteiger partial charge is 0.335 e. The van der Waals surface area contributed by atoms with Gasteiger partial charge in [0.25, 0.3) is 5.91 Å². The number of carbonyl (C=O) groups excluding carboxylic acids is 1. The number of benzene rings is 1. The Morgan fingerprint density at radius 1 is 1.33 bits per heavy atom. The lowest BCUT2D eigenvalue weighted by molar-refractivity contribution is 0.0696. The van der Waals surface area contributed by atoms with E-state index >= 15 is 0 Å². The average Bonchev–Trinajstić information content (AvgIpc) is 3.22. The Morgan fingerprint density at radius 3 is 2.71 bits per heavy atom. The molecular weight excluding hydrogens is 312 g/mol. The number of hydrogen-bond donors (Lipinski definition) is 2. The molecule has 2 heterocycles. The van der Waals surface area contributed by atoms with Crippen molar-refractivity contribution in [3.8, 4) is 5.75 Å². The number of rotatable bonds is 4. The average molecular weight is 330 g/mol. The molecule has 24 heavy (non-hydrogen) atoms. The number of nitrogens with zero attached hydrogens (tertiary/aromatic N) is 3. The highest BCUT2D eigenvalue weighted by atomic mass is 16.5. The summed E-state index contributed by atoms with van der Waals surface area (Å²) in [5.74, 6) is 0.258. The minimum atomic E-state index is -1.11.